The number of rotatable bonds is 4. The maximum atomic E-state index is 12.1. The predicted molar refractivity (Wildman–Crippen MR) is 76.2 cm³/mol. The molecule has 0 saturated heterocycles. The van der Waals surface area contributed by atoms with Gasteiger partial charge in [-0.15, -0.1) is 0 Å². The van der Waals surface area contributed by atoms with Crippen LogP contribution in [0.5, 0.6) is 5.75 Å². The Hall–Kier alpha value is -2.24. The molecule has 0 unspecified atom stereocenters. The summed E-state index contributed by atoms with van der Waals surface area (Å²) in [6, 6.07) is 3.78. The van der Waals surface area contributed by atoms with E-state index < -0.39 is 17.7 Å². The van der Waals surface area contributed by atoms with Gasteiger partial charge in [-0.25, -0.2) is 9.59 Å². The zero-order chi connectivity index (χ0) is 15.5. The van der Waals surface area contributed by atoms with Crippen molar-refractivity contribution in [2.75, 3.05) is 12.4 Å². The van der Waals surface area contributed by atoms with E-state index in [4.69, 9.17) is 5.11 Å². The number of carboxylic acid groups (broad SMARTS) is 1. The maximum absolute atomic E-state index is 12.1. The highest BCUT2D eigenvalue weighted by Crippen LogP contribution is 2.28. The van der Waals surface area contributed by atoms with E-state index in [0.717, 1.165) is 6.42 Å². The fourth-order valence-corrected chi connectivity index (χ4v) is 1.53. The molecule has 0 aromatic heterocycles. The number of hydrogen-bond donors (Lipinski definition) is 3. The number of anilines is 1. The van der Waals surface area contributed by atoms with E-state index >= 15 is 0 Å². The molecule has 6 heteroatoms. The normalized spacial score (nSPS) is 11.0. The number of urea groups is 1. The Morgan fingerprint density at radius 1 is 1.35 bits per heavy atom. The van der Waals surface area contributed by atoms with E-state index in [9.17, 15) is 14.7 Å². The molecule has 0 aliphatic rings. The van der Waals surface area contributed by atoms with E-state index in [1.54, 1.807) is 7.05 Å². The smallest absolute Gasteiger partial charge is 0.339 e. The molecule has 0 spiro atoms. The summed E-state index contributed by atoms with van der Waals surface area (Å²) in [7, 11) is 1.65. The van der Waals surface area contributed by atoms with Crippen molar-refractivity contribution < 1.29 is 19.8 Å². The third-order valence-electron chi connectivity index (χ3n) is 3.59. The van der Waals surface area contributed by atoms with E-state index in [0.29, 0.717) is 0 Å². The van der Waals surface area contributed by atoms with Gasteiger partial charge in [0.05, 0.1) is 5.69 Å². The molecule has 0 aliphatic carbocycles. The van der Waals surface area contributed by atoms with Crippen molar-refractivity contribution in [3.63, 3.8) is 0 Å². The summed E-state index contributed by atoms with van der Waals surface area (Å²) >= 11 is 0. The summed E-state index contributed by atoms with van der Waals surface area (Å²) in [5, 5.41) is 21.3. The summed E-state index contributed by atoms with van der Waals surface area (Å²) in [5.41, 5.74) is -0.515. The highest BCUT2D eigenvalue weighted by atomic mass is 16.4. The molecule has 2 amide bonds. The topological polar surface area (TPSA) is 89.9 Å². The number of benzene rings is 1. The van der Waals surface area contributed by atoms with Gasteiger partial charge in [0.1, 0.15) is 5.56 Å². The number of phenols is 1. The van der Waals surface area contributed by atoms with Crippen molar-refractivity contribution in [1.29, 1.82) is 0 Å². The number of amides is 2. The lowest BCUT2D eigenvalue weighted by Gasteiger charge is -2.34. The molecule has 0 bridgehead atoms. The zero-order valence-corrected chi connectivity index (χ0v) is 12.1. The first kappa shape index (κ1) is 15.8. The minimum Gasteiger partial charge on any atom is -0.505 e. The van der Waals surface area contributed by atoms with Crippen LogP contribution in [-0.4, -0.2) is 39.7 Å². The summed E-state index contributed by atoms with van der Waals surface area (Å²) in [4.78, 5) is 24.5. The van der Waals surface area contributed by atoms with E-state index in [2.05, 4.69) is 5.32 Å². The van der Waals surface area contributed by atoms with Gasteiger partial charge in [0.15, 0.2) is 5.75 Å². The van der Waals surface area contributed by atoms with Crippen molar-refractivity contribution in [2.45, 2.75) is 32.7 Å². The Bertz CT molecular complexity index is 526. The Morgan fingerprint density at radius 2 is 1.95 bits per heavy atom. The van der Waals surface area contributed by atoms with E-state index in [-0.39, 0.29) is 16.8 Å². The number of nitrogens with one attached hydrogen (secondary N) is 1. The molecule has 1 aromatic carbocycles. The van der Waals surface area contributed by atoms with Gasteiger partial charge in [-0.2, -0.15) is 0 Å². The first-order chi connectivity index (χ1) is 9.20. The Morgan fingerprint density at radius 3 is 2.45 bits per heavy atom. The number of carbonyl (C=O) groups excluding carboxylic acids is 1. The number of nitrogens with zero attached hydrogens (tertiary/aromatic N) is 1. The van der Waals surface area contributed by atoms with Crippen LogP contribution < -0.4 is 5.32 Å². The number of carbonyl (C=O) groups is 2. The van der Waals surface area contributed by atoms with Gasteiger partial charge in [0, 0.05) is 12.6 Å². The third kappa shape index (κ3) is 3.20. The molecule has 6 nitrogen and oxygen atoms in total. The van der Waals surface area contributed by atoms with E-state index in [1.165, 1.54) is 23.1 Å². The molecular weight excluding hydrogens is 260 g/mol. The van der Waals surface area contributed by atoms with Crippen LogP contribution in [-0.2, 0) is 0 Å². The van der Waals surface area contributed by atoms with Gasteiger partial charge in [0.2, 0.25) is 0 Å². The molecule has 1 aromatic rings. The van der Waals surface area contributed by atoms with Crippen LogP contribution in [0.15, 0.2) is 18.2 Å². The van der Waals surface area contributed by atoms with Crippen molar-refractivity contribution in [3.8, 4) is 5.75 Å². The average molecular weight is 280 g/mol. The lowest BCUT2D eigenvalue weighted by molar-refractivity contribution is 0.0693. The highest BCUT2D eigenvalue weighted by Gasteiger charge is 2.26. The van der Waals surface area contributed by atoms with Crippen molar-refractivity contribution in [2.24, 2.45) is 0 Å². The van der Waals surface area contributed by atoms with Crippen LogP contribution in [0.25, 0.3) is 0 Å². The van der Waals surface area contributed by atoms with Crippen molar-refractivity contribution >= 4 is 17.7 Å². The van der Waals surface area contributed by atoms with Crippen LogP contribution in [0.3, 0.4) is 0 Å². The molecule has 0 saturated carbocycles. The second-order valence-electron chi connectivity index (χ2n) is 5.16. The number of carboxylic acids is 1. The molecule has 0 fully saturated rings. The molecule has 20 heavy (non-hydrogen) atoms. The number of para-hydroxylation sites is 1. The Balaban J connectivity index is 2.97. The third-order valence-corrected chi connectivity index (χ3v) is 3.59. The van der Waals surface area contributed by atoms with Crippen LogP contribution >= 0.6 is 0 Å². The van der Waals surface area contributed by atoms with Crippen LogP contribution in [0.2, 0.25) is 0 Å². The first-order valence-electron chi connectivity index (χ1n) is 6.30. The molecule has 0 atom stereocenters. The van der Waals surface area contributed by atoms with Gasteiger partial charge in [-0.1, -0.05) is 13.0 Å². The zero-order valence-electron chi connectivity index (χ0n) is 12.1. The molecule has 0 heterocycles. The van der Waals surface area contributed by atoms with Crippen LogP contribution in [0.4, 0.5) is 10.5 Å². The predicted octanol–water partition coefficient (Wildman–Crippen LogP) is 2.74. The first-order valence-corrected chi connectivity index (χ1v) is 6.30. The van der Waals surface area contributed by atoms with Crippen LogP contribution in [0, 0.1) is 0 Å². The molecule has 0 radical (unpaired) electrons. The molecule has 1 rings (SSSR count). The van der Waals surface area contributed by atoms with Gasteiger partial charge in [-0.05, 0) is 32.4 Å². The SMILES string of the molecule is CCC(C)(C)N(C)C(=O)Nc1cccc(C(=O)O)c1O. The minimum atomic E-state index is -1.25. The monoisotopic (exact) mass is 280 g/mol. The largest absolute Gasteiger partial charge is 0.505 e. The van der Waals surface area contributed by atoms with Gasteiger partial charge in [-0.3, -0.25) is 0 Å². The van der Waals surface area contributed by atoms with Gasteiger partial charge >= 0.3 is 12.0 Å². The highest BCUT2D eigenvalue weighted by molar-refractivity contribution is 5.97. The fourth-order valence-electron chi connectivity index (χ4n) is 1.53. The number of aromatic hydroxyl groups is 1. The summed E-state index contributed by atoms with van der Waals surface area (Å²) in [6.45, 7) is 5.80. The molecule has 110 valence electrons. The second-order valence-corrected chi connectivity index (χ2v) is 5.16. The molecular formula is C14H20N2O4. The van der Waals surface area contributed by atoms with Crippen molar-refractivity contribution in [3.05, 3.63) is 23.8 Å². The summed E-state index contributed by atoms with van der Waals surface area (Å²) in [5.74, 6) is -1.70. The lowest BCUT2D eigenvalue weighted by Crippen LogP contribution is -2.46. The van der Waals surface area contributed by atoms with Gasteiger partial charge in [0.25, 0.3) is 0 Å². The molecule has 0 aliphatic heterocycles. The summed E-state index contributed by atoms with van der Waals surface area (Å²) < 4.78 is 0. The van der Waals surface area contributed by atoms with E-state index in [1.807, 2.05) is 20.8 Å². The van der Waals surface area contributed by atoms with Gasteiger partial charge < -0.3 is 20.4 Å². The second kappa shape index (κ2) is 5.81. The minimum absolute atomic E-state index is 0.0775. The summed E-state index contributed by atoms with van der Waals surface area (Å²) in [6.07, 6.45) is 0.762. The lowest BCUT2D eigenvalue weighted by atomic mass is 10.0. The van der Waals surface area contributed by atoms with Crippen LogP contribution in [0.1, 0.15) is 37.6 Å². The van der Waals surface area contributed by atoms with Crippen molar-refractivity contribution in [1.82, 2.24) is 4.90 Å². The standard InChI is InChI=1S/C14H20N2O4/c1-5-14(2,3)16(4)13(20)15-10-8-6-7-9(11(10)17)12(18)19/h6-8,17H,5H2,1-4H3,(H,15,20)(H,18,19). The Kier molecular flexibility index (Phi) is 4.60. The number of hydrogen-bond acceptors (Lipinski definition) is 3. The average Bonchev–Trinajstić information content (AvgIpc) is 2.39. The fraction of sp³-hybridized carbons (Fsp3) is 0.429. The maximum Gasteiger partial charge on any atom is 0.339 e. The Labute approximate surface area is 118 Å². The quantitative estimate of drug-likeness (QED) is 0.740. The number of aromatic carboxylic acids is 1. The molecule has 3 N–H and O–H groups in total.